The fourth-order valence-corrected chi connectivity index (χ4v) is 9.03. The molecule has 1 aliphatic rings. The van der Waals surface area contributed by atoms with E-state index in [2.05, 4.69) is 97.1 Å². The van der Waals surface area contributed by atoms with Crippen LogP contribution in [0.15, 0.2) is 162 Å². The van der Waals surface area contributed by atoms with Gasteiger partial charge in [0.25, 0.3) is 0 Å². The molecular formula is C31H23OS3+. The Labute approximate surface area is 216 Å². The van der Waals surface area contributed by atoms with Gasteiger partial charge in [-0.05, 0) is 66.7 Å². The second kappa shape index (κ2) is 10.00. The van der Waals surface area contributed by atoms with E-state index in [1.54, 1.807) is 11.8 Å². The highest BCUT2D eigenvalue weighted by molar-refractivity contribution is 7.99. The molecule has 0 spiro atoms. The van der Waals surface area contributed by atoms with Crippen LogP contribution >= 0.6 is 11.8 Å². The van der Waals surface area contributed by atoms with Gasteiger partial charge < -0.3 is 4.55 Å². The van der Waals surface area contributed by atoms with Crippen molar-refractivity contribution in [1.82, 2.24) is 0 Å². The van der Waals surface area contributed by atoms with E-state index in [1.165, 1.54) is 30.0 Å². The van der Waals surface area contributed by atoms with Gasteiger partial charge in [0.2, 0.25) is 0 Å². The van der Waals surface area contributed by atoms with Gasteiger partial charge in [-0.25, -0.2) is 0 Å². The highest BCUT2D eigenvalue weighted by Crippen LogP contribution is 2.42. The summed E-state index contributed by atoms with van der Waals surface area (Å²) in [6.45, 7) is 0. The van der Waals surface area contributed by atoms with Gasteiger partial charge >= 0.3 is 0 Å². The fourth-order valence-electron chi connectivity index (χ4n) is 4.44. The zero-order valence-electron chi connectivity index (χ0n) is 19.0. The Balaban J connectivity index is 1.43. The lowest BCUT2D eigenvalue weighted by Crippen LogP contribution is -2.18. The van der Waals surface area contributed by atoms with Gasteiger partial charge in [-0.3, -0.25) is 0 Å². The van der Waals surface area contributed by atoms with Crippen LogP contribution in [0, 0.1) is 0 Å². The van der Waals surface area contributed by atoms with Crippen LogP contribution < -0.4 is 0 Å². The Kier molecular flexibility index (Phi) is 6.45. The Morgan fingerprint density at radius 3 is 1.94 bits per heavy atom. The molecule has 170 valence electrons. The van der Waals surface area contributed by atoms with Gasteiger partial charge in [0.05, 0.1) is 16.5 Å². The summed E-state index contributed by atoms with van der Waals surface area (Å²) in [5.41, 5.74) is 2.37. The molecule has 0 aliphatic carbocycles. The third-order valence-corrected chi connectivity index (χ3v) is 11.0. The fraction of sp³-hybridized carbons (Fsp3) is 0.0323. The van der Waals surface area contributed by atoms with E-state index in [0.717, 1.165) is 21.8 Å². The largest absolute Gasteiger partial charge is 0.606 e. The first-order chi connectivity index (χ1) is 17.3. The lowest BCUT2D eigenvalue weighted by Gasteiger charge is -2.23. The van der Waals surface area contributed by atoms with Crippen LogP contribution in [0.4, 0.5) is 0 Å². The Hall–Kier alpha value is -2.89. The maximum absolute atomic E-state index is 13.5. The smallest absolute Gasteiger partial charge is 0.175 e. The summed E-state index contributed by atoms with van der Waals surface area (Å²) < 4.78 is 13.5. The van der Waals surface area contributed by atoms with Crippen LogP contribution in [0.1, 0.15) is 11.1 Å². The van der Waals surface area contributed by atoms with Gasteiger partial charge in [0, 0.05) is 33.0 Å². The normalized spacial score (nSPS) is 15.2. The molecule has 0 amide bonds. The van der Waals surface area contributed by atoms with Crippen molar-refractivity contribution in [2.45, 2.75) is 40.7 Å². The summed E-state index contributed by atoms with van der Waals surface area (Å²) in [5, 5.41) is 0. The van der Waals surface area contributed by atoms with Gasteiger partial charge in [-0.15, -0.1) is 0 Å². The van der Waals surface area contributed by atoms with E-state index in [4.69, 9.17) is 0 Å². The van der Waals surface area contributed by atoms with Crippen molar-refractivity contribution in [3.63, 3.8) is 0 Å². The molecule has 2 unspecified atom stereocenters. The average Bonchev–Trinajstić information content (AvgIpc) is 2.92. The molecular weight excluding hydrogens is 485 g/mol. The molecule has 1 nitrogen and oxygen atoms in total. The summed E-state index contributed by atoms with van der Waals surface area (Å²) in [5.74, 6) is 0. The van der Waals surface area contributed by atoms with Crippen molar-refractivity contribution in [2.24, 2.45) is 0 Å². The lowest BCUT2D eigenvalue weighted by molar-refractivity contribution is 0.590. The molecule has 6 rings (SSSR count). The minimum absolute atomic E-state index is 0.294. The quantitative estimate of drug-likeness (QED) is 0.225. The highest BCUT2D eigenvalue weighted by Gasteiger charge is 2.38. The number of rotatable bonds is 5. The van der Waals surface area contributed by atoms with Crippen LogP contribution in [0.3, 0.4) is 0 Å². The van der Waals surface area contributed by atoms with E-state index in [0.29, 0.717) is 0 Å². The highest BCUT2D eigenvalue weighted by atomic mass is 32.2. The van der Waals surface area contributed by atoms with Crippen LogP contribution in [0.2, 0.25) is 0 Å². The van der Waals surface area contributed by atoms with Crippen molar-refractivity contribution >= 4 is 33.8 Å². The molecule has 0 bridgehead atoms. The minimum Gasteiger partial charge on any atom is -0.606 e. The molecule has 0 N–H and O–H groups in total. The van der Waals surface area contributed by atoms with E-state index in [1.807, 2.05) is 30.3 Å². The monoisotopic (exact) mass is 507 g/mol. The third-order valence-electron chi connectivity index (χ3n) is 6.07. The maximum atomic E-state index is 13.5. The predicted octanol–water partition coefficient (Wildman–Crippen LogP) is 8.00. The molecule has 0 saturated carbocycles. The molecule has 0 fully saturated rings. The summed E-state index contributed by atoms with van der Waals surface area (Å²) in [7, 11) is -0.294. The maximum Gasteiger partial charge on any atom is 0.175 e. The van der Waals surface area contributed by atoms with Crippen molar-refractivity contribution in [3.8, 4) is 0 Å². The first kappa shape index (κ1) is 22.6. The van der Waals surface area contributed by atoms with E-state index in [-0.39, 0.29) is 10.9 Å². The average molecular weight is 508 g/mol. The first-order valence-corrected chi connectivity index (χ1v) is 14.7. The van der Waals surface area contributed by atoms with Gasteiger partial charge in [0.1, 0.15) is 0 Å². The van der Waals surface area contributed by atoms with Crippen molar-refractivity contribution in [1.29, 1.82) is 0 Å². The molecule has 4 heteroatoms. The number of fused-ring (bicyclic) bond motifs is 2. The second-order valence-electron chi connectivity index (χ2n) is 8.29. The summed E-state index contributed by atoms with van der Waals surface area (Å²) >= 11 is 0.623. The van der Waals surface area contributed by atoms with Gasteiger partial charge in [-0.1, -0.05) is 72.4 Å². The second-order valence-corrected chi connectivity index (χ2v) is 12.9. The zero-order chi connectivity index (χ0) is 23.6. The number of hydrogen-bond donors (Lipinski definition) is 0. The molecule has 35 heavy (non-hydrogen) atoms. The Morgan fingerprint density at radius 1 is 0.571 bits per heavy atom. The van der Waals surface area contributed by atoms with Crippen LogP contribution in [-0.2, 0) is 28.5 Å². The Morgan fingerprint density at radius 2 is 1.17 bits per heavy atom. The van der Waals surface area contributed by atoms with Gasteiger partial charge in [-0.2, -0.15) is 0 Å². The summed E-state index contributed by atoms with van der Waals surface area (Å²) in [6, 6.07) is 44.6. The lowest BCUT2D eigenvalue weighted by atomic mass is 10.0. The number of benzene rings is 5. The SMILES string of the molecule is [O-][S+]1c2ccccc2Cc2c1cccc2[S+](c1ccccc1)c1ccc(Sc2ccccc2)cc1. The molecule has 5 aromatic rings. The summed E-state index contributed by atoms with van der Waals surface area (Å²) in [6.07, 6.45) is 0.811. The topological polar surface area (TPSA) is 23.1 Å². The van der Waals surface area contributed by atoms with Crippen molar-refractivity contribution in [2.75, 3.05) is 0 Å². The molecule has 1 aliphatic heterocycles. The molecule has 0 saturated heterocycles. The van der Waals surface area contributed by atoms with Crippen LogP contribution in [-0.4, -0.2) is 4.55 Å². The molecule has 2 atom stereocenters. The van der Waals surface area contributed by atoms with Crippen LogP contribution in [0.5, 0.6) is 0 Å². The van der Waals surface area contributed by atoms with Gasteiger partial charge in [0.15, 0.2) is 24.5 Å². The van der Waals surface area contributed by atoms with E-state index >= 15 is 0 Å². The van der Waals surface area contributed by atoms with Crippen molar-refractivity contribution in [3.05, 3.63) is 139 Å². The molecule has 5 aromatic carbocycles. The first-order valence-electron chi connectivity index (χ1n) is 11.5. The molecule has 1 heterocycles. The minimum atomic E-state index is -1.15. The van der Waals surface area contributed by atoms with E-state index < -0.39 is 11.2 Å². The predicted molar refractivity (Wildman–Crippen MR) is 146 cm³/mol. The number of hydrogen-bond acceptors (Lipinski definition) is 2. The van der Waals surface area contributed by atoms with Crippen molar-refractivity contribution < 1.29 is 4.55 Å². The van der Waals surface area contributed by atoms with E-state index in [9.17, 15) is 4.55 Å². The zero-order valence-corrected chi connectivity index (χ0v) is 21.4. The third kappa shape index (κ3) is 4.55. The standard InChI is InChI=1S/C31H23OS3/c32-35-29-15-8-7-10-23(29)22-28-30(16-9-17-31(28)35)34(26-13-5-2-6-14-26)27-20-18-25(19-21-27)33-24-11-3-1-4-12-24/h1-21H,22H2/q+1. The molecule has 0 radical (unpaired) electrons. The Bertz CT molecular complexity index is 1450. The molecule has 0 aromatic heterocycles. The summed E-state index contributed by atoms with van der Waals surface area (Å²) in [4.78, 5) is 8.16. The van der Waals surface area contributed by atoms with Crippen LogP contribution in [0.25, 0.3) is 0 Å².